The first-order valence-electron chi connectivity index (χ1n) is 7.70. The molecule has 2 rings (SSSR count). The first-order chi connectivity index (χ1) is 9.97. The lowest BCUT2D eigenvalue weighted by Crippen LogP contribution is -2.44. The van der Waals surface area contributed by atoms with Gasteiger partial charge in [0.05, 0.1) is 18.4 Å². The van der Waals surface area contributed by atoms with Gasteiger partial charge in [0, 0.05) is 38.3 Å². The maximum absolute atomic E-state index is 6.44. The van der Waals surface area contributed by atoms with E-state index < -0.39 is 0 Å². The number of hydrogen-bond acceptors (Lipinski definition) is 4. The number of nitrogens with one attached hydrogen (secondary N) is 1. The van der Waals surface area contributed by atoms with Crippen LogP contribution in [0.4, 0.5) is 0 Å². The summed E-state index contributed by atoms with van der Waals surface area (Å²) in [7, 11) is 2.13. The van der Waals surface area contributed by atoms with Crippen molar-refractivity contribution in [2.24, 2.45) is 5.92 Å². The molecule has 0 aromatic carbocycles. The molecule has 0 aliphatic carbocycles. The molecule has 0 saturated carbocycles. The normalized spacial score (nSPS) is 20.4. The lowest BCUT2D eigenvalue weighted by atomic mass is 10.2. The maximum Gasteiger partial charge on any atom is 0.131 e. The first-order valence-corrected chi connectivity index (χ1v) is 8.07. The number of hydrogen-bond donors (Lipinski definition) is 1. The Morgan fingerprint density at radius 3 is 2.90 bits per heavy atom. The van der Waals surface area contributed by atoms with Gasteiger partial charge in [-0.15, -0.1) is 0 Å². The molecule has 0 bridgehead atoms. The molecule has 1 N–H and O–H groups in total. The highest BCUT2D eigenvalue weighted by atomic mass is 35.5. The van der Waals surface area contributed by atoms with Gasteiger partial charge in [-0.1, -0.05) is 25.4 Å². The van der Waals surface area contributed by atoms with E-state index in [1.807, 2.05) is 11.6 Å². The van der Waals surface area contributed by atoms with Crippen LogP contribution in [0.3, 0.4) is 0 Å². The van der Waals surface area contributed by atoms with Gasteiger partial charge >= 0.3 is 0 Å². The van der Waals surface area contributed by atoms with Gasteiger partial charge in [0.1, 0.15) is 5.15 Å². The molecule has 1 aliphatic rings. The van der Waals surface area contributed by atoms with Gasteiger partial charge in [-0.05, 0) is 19.9 Å². The lowest BCUT2D eigenvalue weighted by molar-refractivity contribution is -0.0182. The average Bonchev–Trinajstić information content (AvgIpc) is 2.65. The minimum absolute atomic E-state index is 0.258. The predicted octanol–water partition coefficient (Wildman–Crippen LogP) is 1.92. The second kappa shape index (κ2) is 7.58. The molecule has 6 heteroatoms. The molecule has 0 unspecified atom stereocenters. The summed E-state index contributed by atoms with van der Waals surface area (Å²) in [6.45, 7) is 11.6. The van der Waals surface area contributed by atoms with Gasteiger partial charge in [-0.3, -0.25) is 4.68 Å². The van der Waals surface area contributed by atoms with Crippen molar-refractivity contribution in [3.8, 4) is 0 Å². The van der Waals surface area contributed by atoms with Crippen molar-refractivity contribution in [1.29, 1.82) is 0 Å². The largest absolute Gasteiger partial charge is 0.374 e. The van der Waals surface area contributed by atoms with E-state index in [0.29, 0.717) is 5.92 Å². The van der Waals surface area contributed by atoms with Crippen LogP contribution in [0.2, 0.25) is 5.15 Å². The fraction of sp³-hybridized carbons (Fsp3) is 0.800. The number of aromatic nitrogens is 2. The number of ether oxygens (including phenoxy) is 1. The van der Waals surface area contributed by atoms with E-state index in [1.54, 1.807) is 0 Å². The minimum atomic E-state index is 0.258. The van der Waals surface area contributed by atoms with Gasteiger partial charge in [-0.25, -0.2) is 0 Å². The average molecular weight is 315 g/mol. The minimum Gasteiger partial charge on any atom is -0.374 e. The lowest BCUT2D eigenvalue weighted by Gasteiger charge is -2.30. The molecule has 1 aromatic rings. The van der Waals surface area contributed by atoms with Crippen molar-refractivity contribution >= 4 is 11.6 Å². The van der Waals surface area contributed by atoms with Crippen LogP contribution in [0.1, 0.15) is 25.1 Å². The third-order valence-corrected chi connectivity index (χ3v) is 4.16. The summed E-state index contributed by atoms with van der Waals surface area (Å²) >= 11 is 6.44. The van der Waals surface area contributed by atoms with Crippen molar-refractivity contribution < 1.29 is 4.74 Å². The van der Waals surface area contributed by atoms with Crippen LogP contribution in [-0.2, 0) is 17.8 Å². The molecular formula is C15H27ClN4O. The van der Waals surface area contributed by atoms with Crippen molar-refractivity contribution in [3.05, 3.63) is 16.4 Å². The number of morpholine rings is 1. The van der Waals surface area contributed by atoms with E-state index in [9.17, 15) is 0 Å². The first kappa shape index (κ1) is 16.7. The molecule has 21 heavy (non-hydrogen) atoms. The number of aryl methyl sites for hydroxylation is 1. The highest BCUT2D eigenvalue weighted by molar-refractivity contribution is 6.30. The van der Waals surface area contributed by atoms with Gasteiger partial charge in [0.2, 0.25) is 0 Å². The van der Waals surface area contributed by atoms with Crippen LogP contribution >= 0.6 is 11.6 Å². The fourth-order valence-electron chi connectivity index (χ4n) is 2.61. The zero-order chi connectivity index (χ0) is 15.4. The highest BCUT2D eigenvalue weighted by Gasteiger charge is 2.18. The Balaban J connectivity index is 1.86. The summed E-state index contributed by atoms with van der Waals surface area (Å²) < 4.78 is 7.65. The summed E-state index contributed by atoms with van der Waals surface area (Å²) in [5, 5.41) is 8.74. The van der Waals surface area contributed by atoms with E-state index in [0.717, 1.165) is 55.7 Å². The van der Waals surface area contributed by atoms with Crippen molar-refractivity contribution in [1.82, 2.24) is 20.0 Å². The molecule has 120 valence electrons. The van der Waals surface area contributed by atoms with Crippen LogP contribution in [0.25, 0.3) is 0 Å². The molecule has 0 amide bonds. The Morgan fingerprint density at radius 1 is 1.48 bits per heavy atom. The zero-order valence-electron chi connectivity index (χ0n) is 13.5. The molecule has 1 aromatic heterocycles. The Kier molecular flexibility index (Phi) is 6.05. The summed E-state index contributed by atoms with van der Waals surface area (Å²) in [5.74, 6) is 0.536. The van der Waals surface area contributed by atoms with E-state index in [-0.39, 0.29) is 6.10 Å². The van der Waals surface area contributed by atoms with E-state index in [1.165, 1.54) is 0 Å². The van der Waals surface area contributed by atoms with Crippen LogP contribution in [0.5, 0.6) is 0 Å². The van der Waals surface area contributed by atoms with Crippen molar-refractivity contribution in [2.45, 2.75) is 40.0 Å². The van der Waals surface area contributed by atoms with E-state index in [2.05, 4.69) is 36.2 Å². The Morgan fingerprint density at radius 2 is 2.24 bits per heavy atom. The van der Waals surface area contributed by atoms with Gasteiger partial charge in [0.15, 0.2) is 0 Å². The number of likely N-dealkylation sites (N-methyl/N-ethyl adjacent to an activating group) is 1. The van der Waals surface area contributed by atoms with Crippen LogP contribution in [0.15, 0.2) is 0 Å². The predicted molar refractivity (Wildman–Crippen MR) is 85.8 cm³/mol. The molecule has 1 saturated heterocycles. The fourth-order valence-corrected chi connectivity index (χ4v) is 2.92. The molecule has 2 heterocycles. The Labute approximate surface area is 132 Å². The second-order valence-electron chi connectivity index (χ2n) is 6.32. The third kappa shape index (κ3) is 4.68. The monoisotopic (exact) mass is 314 g/mol. The summed E-state index contributed by atoms with van der Waals surface area (Å²) in [4.78, 5) is 2.30. The van der Waals surface area contributed by atoms with Crippen LogP contribution in [-0.4, -0.2) is 54.1 Å². The zero-order valence-corrected chi connectivity index (χ0v) is 14.3. The molecule has 5 nitrogen and oxygen atoms in total. The number of halogens is 1. The van der Waals surface area contributed by atoms with Gasteiger partial charge in [0.25, 0.3) is 0 Å². The maximum atomic E-state index is 6.44. The molecule has 0 spiro atoms. The summed E-state index contributed by atoms with van der Waals surface area (Å²) in [6, 6.07) is 0. The van der Waals surface area contributed by atoms with E-state index >= 15 is 0 Å². The molecule has 1 fully saturated rings. The summed E-state index contributed by atoms with van der Waals surface area (Å²) in [5.41, 5.74) is 2.11. The van der Waals surface area contributed by atoms with Gasteiger partial charge < -0.3 is 15.0 Å². The summed E-state index contributed by atoms with van der Waals surface area (Å²) in [6.07, 6.45) is 0.258. The quantitative estimate of drug-likeness (QED) is 0.871. The van der Waals surface area contributed by atoms with Gasteiger partial charge in [-0.2, -0.15) is 5.10 Å². The van der Waals surface area contributed by atoms with Crippen molar-refractivity contribution in [3.63, 3.8) is 0 Å². The molecule has 1 atom stereocenters. The molecular weight excluding hydrogens is 288 g/mol. The van der Waals surface area contributed by atoms with Crippen LogP contribution in [0, 0.1) is 12.8 Å². The topological polar surface area (TPSA) is 42.3 Å². The third-order valence-electron chi connectivity index (χ3n) is 3.74. The Bertz CT molecular complexity index is 461. The molecule has 1 aliphatic heterocycles. The van der Waals surface area contributed by atoms with E-state index in [4.69, 9.17) is 16.3 Å². The number of nitrogens with zero attached hydrogens (tertiary/aromatic N) is 3. The van der Waals surface area contributed by atoms with Crippen molar-refractivity contribution in [2.75, 3.05) is 33.3 Å². The standard InChI is InChI=1S/C15H27ClN4O/c1-11(2)9-20-15(16)14(12(3)18-20)8-17-7-13-10-19(4)5-6-21-13/h11,13,17H,5-10H2,1-4H3/t13-/m0/s1. The molecule has 0 radical (unpaired) electrons. The smallest absolute Gasteiger partial charge is 0.131 e. The Hall–Kier alpha value is -0.620. The van der Waals surface area contributed by atoms with Crippen LogP contribution < -0.4 is 5.32 Å². The number of rotatable bonds is 6. The SMILES string of the molecule is Cc1nn(CC(C)C)c(Cl)c1CNC[C@H]1CN(C)CCO1. The second-order valence-corrected chi connectivity index (χ2v) is 6.67. The highest BCUT2D eigenvalue weighted by Crippen LogP contribution is 2.20.